The molecule has 0 spiro atoms. The highest BCUT2D eigenvalue weighted by atomic mass is 32.1. The van der Waals surface area contributed by atoms with E-state index in [1.54, 1.807) is 12.3 Å². The predicted molar refractivity (Wildman–Crippen MR) is 57.2 cm³/mol. The molecule has 0 radical (unpaired) electrons. The van der Waals surface area contributed by atoms with E-state index in [1.807, 2.05) is 0 Å². The van der Waals surface area contributed by atoms with E-state index in [0.717, 1.165) is 29.5 Å². The molecule has 0 aliphatic rings. The minimum absolute atomic E-state index is 0.113. The average molecular weight is 261 g/mol. The van der Waals surface area contributed by atoms with Gasteiger partial charge in [-0.2, -0.15) is 13.2 Å². The van der Waals surface area contributed by atoms with E-state index in [4.69, 9.17) is 0 Å². The number of aromatic nitrogens is 1. The van der Waals surface area contributed by atoms with Gasteiger partial charge in [0.1, 0.15) is 10.8 Å². The third kappa shape index (κ3) is 2.46. The van der Waals surface area contributed by atoms with E-state index in [1.165, 1.54) is 0 Å². The Hall–Kier alpha value is -1.43. The van der Waals surface area contributed by atoms with Crippen molar-refractivity contribution in [3.05, 3.63) is 40.7 Å². The zero-order valence-electron chi connectivity index (χ0n) is 8.68. The molecule has 1 aromatic carbocycles. The second-order valence-corrected chi connectivity index (χ2v) is 4.34. The maximum Gasteiger partial charge on any atom is 0.416 e. The third-order valence-corrected chi connectivity index (χ3v) is 3.14. The number of alkyl halides is 3. The second kappa shape index (κ2) is 4.10. The lowest BCUT2D eigenvalue weighted by Crippen LogP contribution is -2.05. The molecule has 0 amide bonds. The summed E-state index contributed by atoms with van der Waals surface area (Å²) in [7, 11) is 0. The molecule has 2 rings (SSSR count). The molecule has 0 saturated heterocycles. The number of rotatable bonds is 1. The van der Waals surface area contributed by atoms with Crippen LogP contribution in [0.4, 0.5) is 17.6 Å². The molecular weight excluding hydrogens is 254 g/mol. The van der Waals surface area contributed by atoms with Gasteiger partial charge in [-0.15, -0.1) is 11.3 Å². The Labute approximate surface area is 98.7 Å². The number of thiazole rings is 1. The van der Waals surface area contributed by atoms with Crippen LogP contribution in [0, 0.1) is 12.7 Å². The van der Waals surface area contributed by atoms with Crippen LogP contribution >= 0.6 is 11.3 Å². The van der Waals surface area contributed by atoms with E-state index < -0.39 is 17.6 Å². The fraction of sp³-hybridized carbons (Fsp3) is 0.182. The van der Waals surface area contributed by atoms with Crippen molar-refractivity contribution >= 4 is 11.3 Å². The standard InChI is InChI=1S/C11H7F4NS/c1-6-5-17-10(16-6)8-4-7(11(13,14)15)2-3-9(8)12/h2-5H,1H3. The molecule has 17 heavy (non-hydrogen) atoms. The first-order valence-corrected chi connectivity index (χ1v) is 5.55. The zero-order valence-corrected chi connectivity index (χ0v) is 9.49. The van der Waals surface area contributed by atoms with Gasteiger partial charge in [0, 0.05) is 16.6 Å². The van der Waals surface area contributed by atoms with E-state index in [-0.39, 0.29) is 10.6 Å². The SMILES string of the molecule is Cc1csc(-c2cc(C(F)(F)F)ccc2F)n1. The normalized spacial score (nSPS) is 11.8. The first kappa shape index (κ1) is 12.0. The average Bonchev–Trinajstić information content (AvgIpc) is 2.63. The monoisotopic (exact) mass is 261 g/mol. The number of halogens is 4. The Morgan fingerprint density at radius 1 is 1.24 bits per heavy atom. The quantitative estimate of drug-likeness (QED) is 0.698. The summed E-state index contributed by atoms with van der Waals surface area (Å²) in [5.74, 6) is -0.702. The van der Waals surface area contributed by atoms with Crippen LogP contribution in [0.5, 0.6) is 0 Å². The molecule has 1 heterocycles. The Morgan fingerprint density at radius 2 is 1.94 bits per heavy atom. The lowest BCUT2D eigenvalue weighted by Gasteiger charge is -2.08. The number of aryl methyl sites for hydroxylation is 1. The molecule has 0 bridgehead atoms. The summed E-state index contributed by atoms with van der Waals surface area (Å²) in [6.45, 7) is 1.70. The van der Waals surface area contributed by atoms with Gasteiger partial charge >= 0.3 is 6.18 Å². The largest absolute Gasteiger partial charge is 0.416 e. The van der Waals surface area contributed by atoms with Crippen molar-refractivity contribution < 1.29 is 17.6 Å². The summed E-state index contributed by atoms with van der Waals surface area (Å²) in [5.41, 5.74) is -0.332. The van der Waals surface area contributed by atoms with Crippen molar-refractivity contribution in [3.8, 4) is 10.6 Å². The van der Waals surface area contributed by atoms with Crippen LogP contribution in [-0.4, -0.2) is 4.98 Å². The number of nitrogens with zero attached hydrogens (tertiary/aromatic N) is 1. The van der Waals surface area contributed by atoms with Crippen LogP contribution in [0.1, 0.15) is 11.3 Å². The summed E-state index contributed by atoms with van der Waals surface area (Å²) in [5, 5.41) is 1.92. The molecule has 0 saturated carbocycles. The van der Waals surface area contributed by atoms with Crippen LogP contribution in [0.15, 0.2) is 23.6 Å². The van der Waals surface area contributed by atoms with E-state index in [0.29, 0.717) is 5.69 Å². The van der Waals surface area contributed by atoms with Crippen molar-refractivity contribution in [2.75, 3.05) is 0 Å². The highest BCUT2D eigenvalue weighted by Gasteiger charge is 2.31. The molecule has 0 fully saturated rings. The summed E-state index contributed by atoms with van der Waals surface area (Å²) in [4.78, 5) is 3.98. The second-order valence-electron chi connectivity index (χ2n) is 3.49. The Kier molecular flexibility index (Phi) is 2.91. The smallest absolute Gasteiger partial charge is 0.241 e. The minimum atomic E-state index is -4.48. The maximum absolute atomic E-state index is 13.5. The summed E-state index contributed by atoms with van der Waals surface area (Å²) >= 11 is 1.12. The number of hydrogen-bond donors (Lipinski definition) is 0. The fourth-order valence-electron chi connectivity index (χ4n) is 1.34. The van der Waals surface area contributed by atoms with Gasteiger partial charge < -0.3 is 0 Å². The zero-order chi connectivity index (χ0) is 12.6. The molecule has 6 heteroatoms. The molecule has 0 aliphatic heterocycles. The van der Waals surface area contributed by atoms with Crippen molar-refractivity contribution in [1.29, 1.82) is 0 Å². The fourth-order valence-corrected chi connectivity index (χ4v) is 2.16. The van der Waals surface area contributed by atoms with Gasteiger partial charge in [-0.1, -0.05) is 0 Å². The lowest BCUT2D eigenvalue weighted by molar-refractivity contribution is -0.137. The van der Waals surface area contributed by atoms with E-state index in [9.17, 15) is 17.6 Å². The molecule has 0 N–H and O–H groups in total. The van der Waals surface area contributed by atoms with Gasteiger partial charge in [0.25, 0.3) is 0 Å². The van der Waals surface area contributed by atoms with Crippen LogP contribution in [0.25, 0.3) is 10.6 Å². The van der Waals surface area contributed by atoms with Crippen LogP contribution in [-0.2, 0) is 6.18 Å². The van der Waals surface area contributed by atoms with Crippen LogP contribution in [0.2, 0.25) is 0 Å². The molecule has 0 unspecified atom stereocenters. The maximum atomic E-state index is 13.5. The van der Waals surface area contributed by atoms with Gasteiger partial charge in [0.05, 0.1) is 5.56 Å². The lowest BCUT2D eigenvalue weighted by atomic mass is 10.1. The predicted octanol–water partition coefficient (Wildman–Crippen LogP) is 4.28. The number of hydrogen-bond acceptors (Lipinski definition) is 2. The van der Waals surface area contributed by atoms with Crippen molar-refractivity contribution in [3.63, 3.8) is 0 Å². The molecule has 1 nitrogen and oxygen atoms in total. The molecule has 0 atom stereocenters. The summed E-state index contributed by atoms with van der Waals surface area (Å²) in [6, 6.07) is 2.32. The van der Waals surface area contributed by atoms with Crippen molar-refractivity contribution in [1.82, 2.24) is 4.98 Å². The molecule has 0 aliphatic carbocycles. The van der Waals surface area contributed by atoms with E-state index in [2.05, 4.69) is 4.98 Å². The molecule has 1 aromatic heterocycles. The minimum Gasteiger partial charge on any atom is -0.241 e. The Balaban J connectivity index is 2.54. The van der Waals surface area contributed by atoms with E-state index >= 15 is 0 Å². The summed E-state index contributed by atoms with van der Waals surface area (Å²) in [6.07, 6.45) is -4.48. The highest BCUT2D eigenvalue weighted by molar-refractivity contribution is 7.13. The molecule has 2 aromatic rings. The van der Waals surface area contributed by atoms with Crippen molar-refractivity contribution in [2.24, 2.45) is 0 Å². The summed E-state index contributed by atoms with van der Waals surface area (Å²) < 4.78 is 50.9. The first-order valence-electron chi connectivity index (χ1n) is 4.67. The first-order chi connectivity index (χ1) is 7.88. The Morgan fingerprint density at radius 3 is 2.47 bits per heavy atom. The van der Waals surface area contributed by atoms with Gasteiger partial charge in [0.15, 0.2) is 0 Å². The number of benzene rings is 1. The molecular formula is C11H7F4NS. The van der Waals surface area contributed by atoms with Gasteiger partial charge in [-0.3, -0.25) is 0 Å². The van der Waals surface area contributed by atoms with Gasteiger partial charge in [0.2, 0.25) is 0 Å². The Bertz CT molecular complexity index is 545. The molecule has 90 valence electrons. The van der Waals surface area contributed by atoms with Crippen LogP contribution < -0.4 is 0 Å². The van der Waals surface area contributed by atoms with Gasteiger partial charge in [-0.25, -0.2) is 9.37 Å². The van der Waals surface area contributed by atoms with Gasteiger partial charge in [-0.05, 0) is 25.1 Å². The van der Waals surface area contributed by atoms with Crippen LogP contribution in [0.3, 0.4) is 0 Å². The topological polar surface area (TPSA) is 12.9 Å². The third-order valence-electron chi connectivity index (χ3n) is 2.14. The highest BCUT2D eigenvalue weighted by Crippen LogP contribution is 2.34. The van der Waals surface area contributed by atoms with Crippen molar-refractivity contribution in [2.45, 2.75) is 13.1 Å².